The molecule has 0 aliphatic carbocycles. The van der Waals surface area contributed by atoms with Crippen LogP contribution in [0.1, 0.15) is 37.8 Å². The fourth-order valence-electron chi connectivity index (χ4n) is 2.19. The van der Waals surface area contributed by atoms with Crippen LogP contribution in [0.15, 0.2) is 18.2 Å². The molecule has 0 aliphatic heterocycles. The number of hydrogen-bond donors (Lipinski definition) is 1. The number of aromatic hydroxyl groups is 1. The molecule has 2 rings (SSSR count). The van der Waals surface area contributed by atoms with Crippen LogP contribution in [0.2, 0.25) is 0 Å². The predicted octanol–water partition coefficient (Wildman–Crippen LogP) is 5.82. The molecule has 0 radical (unpaired) electrons. The van der Waals surface area contributed by atoms with Gasteiger partial charge in [0.2, 0.25) is 0 Å². The standard InChI is InChI=1S/C15H18OS3/c1-3-5-10-7-12(13-9-14(17)19-18-13)8-11(6-4-2)15(10)16/h7-9,16H,3-6H2,1-2H3. The van der Waals surface area contributed by atoms with Gasteiger partial charge in [-0.3, -0.25) is 0 Å². The molecule has 1 N–H and O–H groups in total. The van der Waals surface area contributed by atoms with Crippen molar-refractivity contribution in [2.75, 3.05) is 0 Å². The molecule has 0 amide bonds. The minimum Gasteiger partial charge on any atom is -0.507 e. The average molecular weight is 311 g/mol. The molecule has 19 heavy (non-hydrogen) atoms. The van der Waals surface area contributed by atoms with Gasteiger partial charge in [-0.2, -0.15) is 0 Å². The number of benzene rings is 1. The Balaban J connectivity index is 2.51. The van der Waals surface area contributed by atoms with Crippen LogP contribution in [0.5, 0.6) is 5.75 Å². The van der Waals surface area contributed by atoms with Crippen molar-refractivity contribution in [2.45, 2.75) is 39.5 Å². The monoisotopic (exact) mass is 310 g/mol. The Morgan fingerprint density at radius 3 is 2.00 bits per heavy atom. The summed E-state index contributed by atoms with van der Waals surface area (Å²) in [6.07, 6.45) is 3.93. The molecule has 0 fully saturated rings. The second-order valence-corrected chi connectivity index (χ2v) is 7.55. The molecule has 0 aliphatic rings. The van der Waals surface area contributed by atoms with Gasteiger partial charge in [-0.15, -0.1) is 0 Å². The lowest BCUT2D eigenvalue weighted by atomic mass is 9.97. The van der Waals surface area contributed by atoms with E-state index in [2.05, 4.69) is 32.0 Å². The molecular weight excluding hydrogens is 292 g/mol. The summed E-state index contributed by atoms with van der Waals surface area (Å²) >= 11 is 5.21. The molecule has 102 valence electrons. The maximum absolute atomic E-state index is 10.3. The van der Waals surface area contributed by atoms with Gasteiger partial charge < -0.3 is 5.11 Å². The topological polar surface area (TPSA) is 20.2 Å². The normalized spacial score (nSPS) is 10.8. The first-order chi connectivity index (χ1) is 9.15. The van der Waals surface area contributed by atoms with E-state index in [0.717, 1.165) is 40.6 Å². The maximum Gasteiger partial charge on any atom is 0.121 e. The second kappa shape index (κ2) is 6.64. The highest BCUT2D eigenvalue weighted by Gasteiger charge is 2.11. The van der Waals surface area contributed by atoms with E-state index < -0.39 is 0 Å². The van der Waals surface area contributed by atoms with Crippen molar-refractivity contribution >= 4 is 32.9 Å². The number of rotatable bonds is 5. The van der Waals surface area contributed by atoms with E-state index in [9.17, 15) is 5.11 Å². The summed E-state index contributed by atoms with van der Waals surface area (Å²) in [6, 6.07) is 6.29. The molecule has 1 nitrogen and oxygen atoms in total. The molecule has 0 atom stereocenters. The second-order valence-electron chi connectivity index (χ2n) is 4.64. The highest BCUT2D eigenvalue weighted by molar-refractivity contribution is 7.80. The van der Waals surface area contributed by atoms with Crippen molar-refractivity contribution in [2.24, 2.45) is 0 Å². The zero-order valence-electron chi connectivity index (χ0n) is 11.2. The van der Waals surface area contributed by atoms with Crippen molar-refractivity contribution in [1.29, 1.82) is 0 Å². The molecular formula is C15H18OS3. The van der Waals surface area contributed by atoms with E-state index in [-0.39, 0.29) is 0 Å². The third-order valence-corrected chi connectivity index (χ3v) is 5.96. The molecule has 2 aromatic rings. The van der Waals surface area contributed by atoms with Gasteiger partial charge in [0.1, 0.15) is 9.57 Å². The Morgan fingerprint density at radius 2 is 1.58 bits per heavy atom. The van der Waals surface area contributed by atoms with Crippen LogP contribution in [0, 0.1) is 3.82 Å². The molecule has 1 heterocycles. The van der Waals surface area contributed by atoms with Gasteiger partial charge >= 0.3 is 0 Å². The molecule has 0 saturated carbocycles. The first-order valence-electron chi connectivity index (χ1n) is 6.61. The average Bonchev–Trinajstić information content (AvgIpc) is 2.81. The molecule has 1 aromatic carbocycles. The quantitative estimate of drug-likeness (QED) is 0.555. The van der Waals surface area contributed by atoms with Crippen LogP contribution in [-0.2, 0) is 12.8 Å². The van der Waals surface area contributed by atoms with Gasteiger partial charge in [0.15, 0.2) is 0 Å². The van der Waals surface area contributed by atoms with E-state index in [1.54, 1.807) is 20.7 Å². The van der Waals surface area contributed by atoms with Gasteiger partial charge in [0.25, 0.3) is 0 Å². The Kier molecular flexibility index (Phi) is 5.13. The third kappa shape index (κ3) is 3.44. The van der Waals surface area contributed by atoms with Crippen molar-refractivity contribution in [3.63, 3.8) is 0 Å². The highest BCUT2D eigenvalue weighted by atomic mass is 32.9. The van der Waals surface area contributed by atoms with Crippen molar-refractivity contribution < 1.29 is 5.11 Å². The Bertz CT molecular complexity index is 583. The largest absolute Gasteiger partial charge is 0.507 e. The Hall–Kier alpha value is -0.710. The number of hydrogen-bond acceptors (Lipinski definition) is 4. The summed E-state index contributed by atoms with van der Waals surface area (Å²) in [5.41, 5.74) is 3.32. The van der Waals surface area contributed by atoms with Crippen LogP contribution < -0.4 is 0 Å². The van der Waals surface area contributed by atoms with E-state index >= 15 is 0 Å². The van der Waals surface area contributed by atoms with E-state index in [1.807, 2.05) is 0 Å². The molecule has 0 spiro atoms. The van der Waals surface area contributed by atoms with Crippen molar-refractivity contribution in [3.8, 4) is 16.2 Å². The third-order valence-electron chi connectivity index (χ3n) is 3.05. The van der Waals surface area contributed by atoms with Crippen LogP contribution >= 0.6 is 32.9 Å². The predicted molar refractivity (Wildman–Crippen MR) is 88.1 cm³/mol. The number of phenols is 1. The fourth-order valence-corrected chi connectivity index (χ4v) is 4.58. The summed E-state index contributed by atoms with van der Waals surface area (Å²) in [4.78, 5) is 1.21. The van der Waals surface area contributed by atoms with E-state index in [1.165, 1.54) is 10.4 Å². The lowest BCUT2D eigenvalue weighted by molar-refractivity contribution is 0.460. The van der Waals surface area contributed by atoms with E-state index in [4.69, 9.17) is 12.2 Å². The number of aryl methyl sites for hydroxylation is 2. The maximum atomic E-state index is 10.3. The van der Waals surface area contributed by atoms with Gasteiger partial charge in [0.05, 0.1) is 0 Å². The van der Waals surface area contributed by atoms with E-state index in [0.29, 0.717) is 5.75 Å². The van der Waals surface area contributed by atoms with Crippen LogP contribution in [0.3, 0.4) is 0 Å². The van der Waals surface area contributed by atoms with Crippen LogP contribution in [-0.4, -0.2) is 5.11 Å². The molecule has 0 bridgehead atoms. The smallest absolute Gasteiger partial charge is 0.121 e. The van der Waals surface area contributed by atoms with Gasteiger partial charge in [-0.05, 0) is 47.7 Å². The van der Waals surface area contributed by atoms with Crippen LogP contribution in [0.4, 0.5) is 0 Å². The zero-order chi connectivity index (χ0) is 13.8. The molecule has 4 heteroatoms. The molecule has 0 saturated heterocycles. The Morgan fingerprint density at radius 1 is 1.00 bits per heavy atom. The first-order valence-corrected chi connectivity index (χ1v) is 9.16. The minimum absolute atomic E-state index is 0.492. The van der Waals surface area contributed by atoms with Crippen molar-refractivity contribution in [3.05, 3.63) is 33.1 Å². The Labute approximate surface area is 127 Å². The summed E-state index contributed by atoms with van der Waals surface area (Å²) < 4.78 is 0.933. The van der Waals surface area contributed by atoms with Gasteiger partial charge in [0, 0.05) is 4.88 Å². The highest BCUT2D eigenvalue weighted by Crippen LogP contribution is 2.35. The van der Waals surface area contributed by atoms with Gasteiger partial charge in [-0.1, -0.05) is 59.6 Å². The van der Waals surface area contributed by atoms with Gasteiger partial charge in [-0.25, -0.2) is 0 Å². The minimum atomic E-state index is 0.492. The molecule has 0 unspecified atom stereocenters. The van der Waals surface area contributed by atoms with Crippen molar-refractivity contribution in [1.82, 2.24) is 0 Å². The summed E-state index contributed by atoms with van der Waals surface area (Å²) in [5, 5.41) is 10.3. The zero-order valence-corrected chi connectivity index (χ0v) is 13.7. The summed E-state index contributed by atoms with van der Waals surface area (Å²) in [6.45, 7) is 4.28. The molecule has 1 aromatic heterocycles. The lowest BCUT2D eigenvalue weighted by Gasteiger charge is -2.11. The summed E-state index contributed by atoms with van der Waals surface area (Å²) in [7, 11) is 3.35. The summed E-state index contributed by atoms with van der Waals surface area (Å²) in [5.74, 6) is 0.492. The fraction of sp³-hybridized carbons (Fsp3) is 0.400. The number of phenolic OH excluding ortho intramolecular Hbond substituents is 1. The lowest BCUT2D eigenvalue weighted by Crippen LogP contribution is -1.93. The first kappa shape index (κ1) is 14.7. The SMILES string of the molecule is CCCc1cc(-c2cc(=S)ss2)cc(CCC)c1O. The van der Waals surface area contributed by atoms with Crippen LogP contribution in [0.25, 0.3) is 10.4 Å².